The lowest BCUT2D eigenvalue weighted by Crippen LogP contribution is -2.38. The van der Waals surface area contributed by atoms with E-state index < -0.39 is 5.97 Å². The van der Waals surface area contributed by atoms with E-state index in [0.717, 1.165) is 23.6 Å². The number of methoxy groups -OCH3 is 1. The van der Waals surface area contributed by atoms with E-state index in [-0.39, 0.29) is 5.91 Å². The topological polar surface area (TPSA) is 68.3 Å². The van der Waals surface area contributed by atoms with Gasteiger partial charge < -0.3 is 19.1 Å². The molecule has 0 aliphatic carbocycles. The summed E-state index contributed by atoms with van der Waals surface area (Å²) >= 11 is 0. The van der Waals surface area contributed by atoms with E-state index in [2.05, 4.69) is 4.90 Å². The molecule has 4 rings (SSSR count). The predicted octanol–water partition coefficient (Wildman–Crippen LogP) is 4.92. The van der Waals surface area contributed by atoms with E-state index in [1.54, 1.807) is 29.2 Å². The summed E-state index contributed by atoms with van der Waals surface area (Å²) in [4.78, 5) is 28.7. The number of rotatable bonds is 5. The molecule has 0 atom stereocenters. The van der Waals surface area contributed by atoms with Crippen LogP contribution in [0.15, 0.2) is 59.9 Å². The molecule has 7 nitrogen and oxygen atoms in total. The van der Waals surface area contributed by atoms with Gasteiger partial charge in [0.2, 0.25) is 0 Å². The van der Waals surface area contributed by atoms with Crippen molar-refractivity contribution in [1.82, 2.24) is 4.90 Å². The third kappa shape index (κ3) is 6.38. The van der Waals surface area contributed by atoms with Gasteiger partial charge in [0.25, 0.3) is 5.91 Å². The second kappa shape index (κ2) is 13.4. The van der Waals surface area contributed by atoms with Crippen molar-refractivity contribution < 1.29 is 23.8 Å². The number of amides is 1. The Kier molecular flexibility index (Phi) is 10.6. The summed E-state index contributed by atoms with van der Waals surface area (Å²) in [6, 6.07) is 14.3. The number of esters is 1. The van der Waals surface area contributed by atoms with Gasteiger partial charge in [-0.25, -0.2) is 4.79 Å². The smallest absolute Gasteiger partial charge is 0.337 e. The van der Waals surface area contributed by atoms with Crippen LogP contribution in [-0.4, -0.2) is 57.2 Å². The number of anilines is 1. The molecule has 2 aliphatic rings. The average molecular weight is 469 g/mol. The first-order valence-electron chi connectivity index (χ1n) is 11.9. The normalized spacial score (nSPS) is 14.8. The minimum Gasteiger partial charge on any atom is -0.492 e. The van der Waals surface area contributed by atoms with Crippen LogP contribution in [0.2, 0.25) is 0 Å². The maximum atomic E-state index is 13.3. The third-order valence-corrected chi connectivity index (χ3v) is 5.25. The Morgan fingerprint density at radius 3 is 2.38 bits per heavy atom. The summed E-state index contributed by atoms with van der Waals surface area (Å²) in [5.41, 5.74) is 1.93. The van der Waals surface area contributed by atoms with Gasteiger partial charge in [0.05, 0.1) is 37.0 Å². The van der Waals surface area contributed by atoms with Gasteiger partial charge in [0, 0.05) is 6.54 Å². The van der Waals surface area contributed by atoms with Gasteiger partial charge >= 0.3 is 5.97 Å². The Bertz CT molecular complexity index is 985. The van der Waals surface area contributed by atoms with Crippen LogP contribution in [0.5, 0.6) is 11.5 Å². The fourth-order valence-corrected chi connectivity index (χ4v) is 3.64. The summed E-state index contributed by atoms with van der Waals surface area (Å²) in [6.07, 6.45) is 0.658. The lowest BCUT2D eigenvalue weighted by Gasteiger charge is -2.26. The summed E-state index contributed by atoms with van der Waals surface area (Å²) in [6.45, 7) is 10.1. The lowest BCUT2D eigenvalue weighted by atomic mass is 10.1. The summed E-state index contributed by atoms with van der Waals surface area (Å²) < 4.78 is 16.7. The Hall–Kier alpha value is -3.32. The zero-order chi connectivity index (χ0) is 25.1. The Morgan fingerprint density at radius 2 is 1.71 bits per heavy atom. The third-order valence-electron chi connectivity index (χ3n) is 5.25. The van der Waals surface area contributed by atoms with Crippen LogP contribution < -0.4 is 14.4 Å². The van der Waals surface area contributed by atoms with Gasteiger partial charge in [-0.05, 0) is 49.9 Å². The van der Waals surface area contributed by atoms with Crippen LogP contribution in [0, 0.1) is 0 Å². The molecule has 0 fully saturated rings. The van der Waals surface area contributed by atoms with Crippen molar-refractivity contribution >= 4 is 17.6 Å². The highest BCUT2D eigenvalue weighted by Crippen LogP contribution is 2.36. The van der Waals surface area contributed by atoms with Gasteiger partial charge in [-0.1, -0.05) is 39.8 Å². The zero-order valence-corrected chi connectivity index (χ0v) is 21.1. The zero-order valence-electron chi connectivity index (χ0n) is 21.1. The molecule has 0 spiro atoms. The summed E-state index contributed by atoms with van der Waals surface area (Å²) in [5, 5.41) is 0. The Morgan fingerprint density at radius 1 is 1.03 bits per heavy atom. The van der Waals surface area contributed by atoms with Crippen molar-refractivity contribution in [3.05, 3.63) is 65.4 Å². The van der Waals surface area contributed by atoms with Crippen LogP contribution in [-0.2, 0) is 9.53 Å². The van der Waals surface area contributed by atoms with Gasteiger partial charge in [0.1, 0.15) is 18.1 Å². The maximum absolute atomic E-state index is 13.3. The molecule has 0 saturated carbocycles. The van der Waals surface area contributed by atoms with E-state index >= 15 is 0 Å². The minimum absolute atomic E-state index is 0.0345. The number of ether oxygens (including phenoxy) is 3. The van der Waals surface area contributed by atoms with Crippen LogP contribution in [0.1, 0.15) is 44.5 Å². The number of hydrogen-bond donors (Lipinski definition) is 0. The largest absolute Gasteiger partial charge is 0.492 e. The maximum Gasteiger partial charge on any atom is 0.337 e. The van der Waals surface area contributed by atoms with Crippen molar-refractivity contribution in [3.8, 4) is 11.5 Å². The molecule has 2 aromatic carbocycles. The molecular formula is C27H36N2O5. The first kappa shape index (κ1) is 26.9. The van der Waals surface area contributed by atoms with E-state index in [4.69, 9.17) is 14.2 Å². The van der Waals surface area contributed by atoms with Crippen molar-refractivity contribution in [1.29, 1.82) is 0 Å². The number of hydrogen-bond acceptors (Lipinski definition) is 6. The monoisotopic (exact) mass is 468 g/mol. The fourth-order valence-electron chi connectivity index (χ4n) is 3.64. The second-order valence-corrected chi connectivity index (χ2v) is 7.28. The van der Waals surface area contributed by atoms with Crippen LogP contribution in [0.3, 0.4) is 0 Å². The number of nitrogens with zero attached hydrogens (tertiary/aromatic N) is 2. The average Bonchev–Trinajstić information content (AvgIpc) is 3.00. The van der Waals surface area contributed by atoms with Crippen LogP contribution in [0.4, 0.5) is 5.69 Å². The molecule has 2 heterocycles. The van der Waals surface area contributed by atoms with E-state index in [1.807, 2.05) is 59.0 Å². The van der Waals surface area contributed by atoms with Crippen molar-refractivity contribution in [2.24, 2.45) is 0 Å². The lowest BCUT2D eigenvalue weighted by molar-refractivity contribution is -0.115. The fraction of sp³-hybridized carbons (Fsp3) is 0.407. The summed E-state index contributed by atoms with van der Waals surface area (Å²) in [7, 11) is 3.36. The molecule has 2 aromatic rings. The highest BCUT2D eigenvalue weighted by atomic mass is 16.5. The second-order valence-electron chi connectivity index (χ2n) is 7.28. The summed E-state index contributed by atoms with van der Waals surface area (Å²) in [5.74, 6) is 1.59. The molecule has 0 unspecified atom stereocenters. The molecule has 184 valence electrons. The molecule has 0 N–H and O–H groups in total. The highest BCUT2D eigenvalue weighted by Gasteiger charge is 2.32. The van der Waals surface area contributed by atoms with Crippen molar-refractivity contribution in [3.63, 3.8) is 0 Å². The van der Waals surface area contributed by atoms with E-state index in [1.165, 1.54) is 7.11 Å². The Balaban J connectivity index is 0.000000970. The highest BCUT2D eigenvalue weighted by molar-refractivity contribution is 6.07. The van der Waals surface area contributed by atoms with Gasteiger partial charge in [0.15, 0.2) is 5.75 Å². The predicted molar refractivity (Wildman–Crippen MR) is 135 cm³/mol. The molecule has 0 bridgehead atoms. The molecule has 34 heavy (non-hydrogen) atoms. The molecule has 2 aliphatic heterocycles. The quantitative estimate of drug-likeness (QED) is 0.580. The van der Waals surface area contributed by atoms with Crippen LogP contribution in [0.25, 0.3) is 0 Å². The molecule has 7 heteroatoms. The number of benzene rings is 2. The molecular weight excluding hydrogens is 432 g/mol. The van der Waals surface area contributed by atoms with Gasteiger partial charge in [-0.3, -0.25) is 9.69 Å². The van der Waals surface area contributed by atoms with Crippen molar-refractivity contribution in [2.45, 2.75) is 34.1 Å². The SMILES string of the molecule is CC.CC.COC(=O)c1ccc(OCCN2C(=O)C3=C(CN(C)CC3)Oc3ccccc32)cc1. The molecule has 0 saturated heterocycles. The first-order chi connectivity index (χ1) is 16.6. The molecule has 0 aromatic heterocycles. The molecule has 0 radical (unpaired) electrons. The number of likely N-dealkylation sites (N-methyl/N-ethyl adjacent to an activating group) is 1. The molecule has 1 amide bonds. The number of fused-ring (bicyclic) bond motifs is 1. The van der Waals surface area contributed by atoms with Crippen molar-refractivity contribution in [2.75, 3.05) is 45.3 Å². The standard InChI is InChI=1S/C23H24N2O5.2C2H6/c1-24-12-11-18-21(15-24)30-20-6-4-3-5-19(20)25(22(18)26)13-14-29-17-9-7-16(8-10-17)23(27)28-2;2*1-2/h3-10H,11-15H2,1-2H3;2*1-2H3. The van der Waals surface area contributed by atoms with E-state index in [0.29, 0.717) is 43.2 Å². The van der Waals surface area contributed by atoms with Gasteiger partial charge in [-0.2, -0.15) is 0 Å². The number of para-hydroxylation sites is 2. The number of carbonyl (C=O) groups excluding carboxylic acids is 2. The van der Waals surface area contributed by atoms with E-state index in [9.17, 15) is 9.59 Å². The number of carbonyl (C=O) groups is 2. The minimum atomic E-state index is -0.393. The Labute approximate surface area is 202 Å². The van der Waals surface area contributed by atoms with Crippen LogP contribution >= 0.6 is 0 Å². The van der Waals surface area contributed by atoms with Gasteiger partial charge in [-0.15, -0.1) is 0 Å². The first-order valence-corrected chi connectivity index (χ1v) is 11.9.